The molecule has 0 fully saturated rings. The summed E-state index contributed by atoms with van der Waals surface area (Å²) in [5.74, 6) is 1.03. The Balaban J connectivity index is 2.27. The van der Waals surface area contributed by atoms with E-state index in [9.17, 15) is 9.59 Å². The normalized spacial score (nSPS) is 12.7. The molecule has 0 atom stereocenters. The number of halogens is 1. The van der Waals surface area contributed by atoms with E-state index < -0.39 is 0 Å². The fourth-order valence-electron chi connectivity index (χ4n) is 2.58. The number of Topliss-reactive ketones (excluding diaryl/α,β-unsaturated/α-hetero) is 1. The minimum atomic E-state index is -0.215. The van der Waals surface area contributed by atoms with E-state index in [4.69, 9.17) is 25.6 Å². The molecule has 0 aliphatic carbocycles. The third-order valence-electron chi connectivity index (χ3n) is 3.70. The molecule has 1 aliphatic rings. The van der Waals surface area contributed by atoms with Crippen LogP contribution in [0.15, 0.2) is 10.6 Å². The van der Waals surface area contributed by atoms with Crippen LogP contribution in [0.25, 0.3) is 0 Å². The average molecular weight is 335 g/mol. The minimum absolute atomic E-state index is 0.0650. The van der Waals surface area contributed by atoms with Gasteiger partial charge in [0.05, 0.1) is 5.69 Å². The Morgan fingerprint density at radius 1 is 1.35 bits per heavy atom. The van der Waals surface area contributed by atoms with Gasteiger partial charge in [0.2, 0.25) is 6.79 Å². The van der Waals surface area contributed by atoms with Crippen LogP contribution in [0.1, 0.15) is 39.9 Å². The molecule has 0 saturated carbocycles. The van der Waals surface area contributed by atoms with Crippen LogP contribution in [0.3, 0.4) is 0 Å². The van der Waals surface area contributed by atoms with Gasteiger partial charge in [-0.1, -0.05) is 16.8 Å². The van der Waals surface area contributed by atoms with Crippen molar-refractivity contribution >= 4 is 23.7 Å². The molecule has 0 unspecified atom stereocenters. The third kappa shape index (κ3) is 2.39. The molecule has 7 heteroatoms. The summed E-state index contributed by atoms with van der Waals surface area (Å²) in [6.07, 6.45) is 0.600. The van der Waals surface area contributed by atoms with Gasteiger partial charge in [-0.25, -0.2) is 0 Å². The number of aromatic nitrogens is 1. The monoisotopic (exact) mass is 334 g/mol. The Morgan fingerprint density at radius 2 is 2.09 bits per heavy atom. The van der Waals surface area contributed by atoms with Crippen molar-refractivity contribution in [3.05, 3.63) is 45.2 Å². The van der Waals surface area contributed by atoms with E-state index >= 15 is 0 Å². The zero-order valence-corrected chi connectivity index (χ0v) is 13.5. The molecule has 3 rings (SSSR count). The van der Waals surface area contributed by atoms with Crippen molar-refractivity contribution in [3.63, 3.8) is 0 Å². The fraction of sp³-hybridized carbons (Fsp3) is 0.250. The summed E-state index contributed by atoms with van der Waals surface area (Å²) >= 11 is 6.16. The summed E-state index contributed by atoms with van der Waals surface area (Å²) in [6.45, 7) is 4.89. The molecule has 1 aromatic heterocycles. The van der Waals surface area contributed by atoms with Crippen LogP contribution in [0.5, 0.6) is 11.5 Å². The van der Waals surface area contributed by atoms with Crippen molar-refractivity contribution in [2.24, 2.45) is 0 Å². The maximum atomic E-state index is 12.1. The van der Waals surface area contributed by atoms with Crippen LogP contribution in [-0.4, -0.2) is 24.0 Å². The number of hydrogen-bond donors (Lipinski definition) is 0. The lowest BCUT2D eigenvalue weighted by molar-refractivity contribution is -0.105. The number of rotatable bonds is 4. The number of carbonyl (C=O) groups is 2. The molecule has 2 aromatic rings. The maximum Gasteiger partial charge on any atom is 0.231 e. The van der Waals surface area contributed by atoms with E-state index in [0.29, 0.717) is 40.2 Å². The first-order valence-corrected chi connectivity index (χ1v) is 7.22. The number of benzene rings is 1. The van der Waals surface area contributed by atoms with E-state index in [1.54, 1.807) is 19.9 Å². The highest BCUT2D eigenvalue weighted by Gasteiger charge is 2.32. The van der Waals surface area contributed by atoms with Gasteiger partial charge in [0.1, 0.15) is 17.2 Å². The zero-order valence-electron chi connectivity index (χ0n) is 12.7. The van der Waals surface area contributed by atoms with Crippen molar-refractivity contribution in [1.29, 1.82) is 0 Å². The standard InChI is InChI=1S/C16H13ClNO5/c1-7-13(11(5-19)16-14(17)8(2)18-23-16)10(9(3)20)4-12-15(7)22-6-21-12/h4-5H,6H2,1-3H3. The van der Waals surface area contributed by atoms with Crippen LogP contribution in [0.2, 0.25) is 5.02 Å². The maximum absolute atomic E-state index is 12.1. The summed E-state index contributed by atoms with van der Waals surface area (Å²) < 4.78 is 15.9. The molecule has 1 aliphatic heterocycles. The highest BCUT2D eigenvalue weighted by Crippen LogP contribution is 2.43. The molecular weight excluding hydrogens is 322 g/mol. The second kappa shape index (κ2) is 5.70. The summed E-state index contributed by atoms with van der Waals surface area (Å²) in [7, 11) is 0. The number of ether oxygens (including phenoxy) is 2. The van der Waals surface area contributed by atoms with Crippen molar-refractivity contribution in [2.75, 3.05) is 6.79 Å². The van der Waals surface area contributed by atoms with Gasteiger partial charge in [0, 0.05) is 11.1 Å². The third-order valence-corrected chi connectivity index (χ3v) is 4.15. The average Bonchev–Trinajstić information content (AvgIpc) is 3.11. The van der Waals surface area contributed by atoms with E-state index in [-0.39, 0.29) is 29.3 Å². The molecule has 0 amide bonds. The molecule has 6 nitrogen and oxygen atoms in total. The highest BCUT2D eigenvalue weighted by molar-refractivity contribution is 6.32. The zero-order chi connectivity index (χ0) is 16.7. The molecule has 0 N–H and O–H groups in total. The predicted molar refractivity (Wildman–Crippen MR) is 81.1 cm³/mol. The van der Waals surface area contributed by atoms with Crippen LogP contribution >= 0.6 is 11.6 Å². The highest BCUT2D eigenvalue weighted by atomic mass is 35.5. The molecule has 0 bridgehead atoms. The smallest absolute Gasteiger partial charge is 0.231 e. The molecule has 119 valence electrons. The number of hydrogen-bond acceptors (Lipinski definition) is 6. The summed E-state index contributed by atoms with van der Waals surface area (Å²) in [6, 6.07) is 1.56. The van der Waals surface area contributed by atoms with Crippen LogP contribution < -0.4 is 9.47 Å². The van der Waals surface area contributed by atoms with E-state index in [1.165, 1.54) is 6.92 Å². The Bertz CT molecular complexity index is 811. The van der Waals surface area contributed by atoms with Crippen molar-refractivity contribution in [2.45, 2.75) is 20.8 Å². The minimum Gasteiger partial charge on any atom is -0.454 e. The topological polar surface area (TPSA) is 78.6 Å². The first-order valence-electron chi connectivity index (χ1n) is 6.84. The largest absolute Gasteiger partial charge is 0.454 e. The lowest BCUT2D eigenvalue weighted by atomic mass is 9.87. The molecule has 23 heavy (non-hydrogen) atoms. The van der Waals surface area contributed by atoms with Gasteiger partial charge >= 0.3 is 0 Å². The Morgan fingerprint density at radius 3 is 2.65 bits per heavy atom. The first-order chi connectivity index (χ1) is 11.0. The van der Waals surface area contributed by atoms with Gasteiger partial charge < -0.3 is 18.8 Å². The second-order valence-corrected chi connectivity index (χ2v) is 5.53. The van der Waals surface area contributed by atoms with Crippen molar-refractivity contribution in [3.8, 4) is 11.5 Å². The fourth-order valence-corrected chi connectivity index (χ4v) is 2.76. The number of carbonyl (C=O) groups excluding carboxylic acids is 2. The van der Waals surface area contributed by atoms with Gasteiger partial charge in [-0.2, -0.15) is 0 Å². The number of nitrogens with zero attached hydrogens (tertiary/aromatic N) is 1. The number of fused-ring (bicyclic) bond motifs is 1. The van der Waals surface area contributed by atoms with E-state index in [2.05, 4.69) is 5.16 Å². The molecular formula is C16H13ClNO5. The van der Waals surface area contributed by atoms with Crippen LogP contribution in [-0.2, 0) is 4.79 Å². The Hall–Kier alpha value is -2.34. The number of aryl methyl sites for hydroxylation is 1. The van der Waals surface area contributed by atoms with Gasteiger partial charge in [-0.15, -0.1) is 0 Å². The molecule has 0 spiro atoms. The molecule has 2 heterocycles. The van der Waals surface area contributed by atoms with Gasteiger partial charge in [0.25, 0.3) is 0 Å². The van der Waals surface area contributed by atoms with Gasteiger partial charge in [-0.3, -0.25) is 4.79 Å². The lowest BCUT2D eigenvalue weighted by Crippen LogP contribution is -2.12. The van der Waals surface area contributed by atoms with Crippen LogP contribution in [0.4, 0.5) is 0 Å². The molecule has 1 aromatic carbocycles. The van der Waals surface area contributed by atoms with Crippen LogP contribution in [0, 0.1) is 19.8 Å². The lowest BCUT2D eigenvalue weighted by Gasteiger charge is -2.16. The summed E-state index contributed by atoms with van der Waals surface area (Å²) in [4.78, 5) is 23.8. The number of aldehydes is 1. The van der Waals surface area contributed by atoms with Crippen molar-refractivity contribution < 1.29 is 23.6 Å². The Labute approximate surface area is 137 Å². The quantitative estimate of drug-likeness (QED) is 0.631. The van der Waals surface area contributed by atoms with Gasteiger partial charge in [-0.05, 0) is 32.4 Å². The predicted octanol–water partition coefficient (Wildman–Crippen LogP) is 3.05. The Kier molecular flexibility index (Phi) is 3.85. The second-order valence-electron chi connectivity index (χ2n) is 5.16. The van der Waals surface area contributed by atoms with E-state index in [1.807, 2.05) is 0 Å². The summed E-state index contributed by atoms with van der Waals surface area (Å²) in [5, 5.41) is 3.99. The summed E-state index contributed by atoms with van der Waals surface area (Å²) in [5.41, 5.74) is 1.81. The van der Waals surface area contributed by atoms with Crippen molar-refractivity contribution in [1.82, 2.24) is 5.16 Å². The number of ketones is 1. The van der Waals surface area contributed by atoms with Gasteiger partial charge in [0.15, 0.2) is 23.0 Å². The van der Waals surface area contributed by atoms with E-state index in [0.717, 1.165) is 0 Å². The molecule has 0 saturated heterocycles. The molecule has 1 radical (unpaired) electrons. The SMILES string of the molecule is CC(=O)c1cc2c(c(C)c1[C](C=O)c1onc(C)c1Cl)OCO2. The first kappa shape index (κ1) is 15.6.